The van der Waals surface area contributed by atoms with E-state index in [4.69, 9.17) is 0 Å². The third-order valence-electron chi connectivity index (χ3n) is 5.35. The number of benzene rings is 2. The molecule has 0 bridgehead atoms. The highest BCUT2D eigenvalue weighted by Crippen LogP contribution is 2.23. The number of hydrogen-bond donors (Lipinski definition) is 2. The fraction of sp³-hybridized carbons (Fsp3) is 0.286. The molecule has 2 aromatic carbocycles. The molecule has 0 saturated heterocycles. The zero-order valence-corrected chi connectivity index (χ0v) is 15.9. The summed E-state index contributed by atoms with van der Waals surface area (Å²) in [4.78, 5) is 17.3. The van der Waals surface area contributed by atoms with Crippen LogP contribution < -0.4 is 10.6 Å². The molecule has 4 aromatic rings. The number of rotatable bonds is 4. The monoisotopic (exact) mass is 387 g/mol. The summed E-state index contributed by atoms with van der Waals surface area (Å²) < 4.78 is 1.66. The van der Waals surface area contributed by atoms with E-state index in [1.165, 1.54) is 19.3 Å². The van der Waals surface area contributed by atoms with Gasteiger partial charge in [0.1, 0.15) is 0 Å². The van der Waals surface area contributed by atoms with Gasteiger partial charge in [-0.15, -0.1) is 5.10 Å². The van der Waals surface area contributed by atoms with Crippen molar-refractivity contribution in [2.24, 2.45) is 0 Å². The van der Waals surface area contributed by atoms with Gasteiger partial charge in [-0.3, -0.25) is 4.79 Å². The predicted molar refractivity (Wildman–Crippen MR) is 110 cm³/mol. The van der Waals surface area contributed by atoms with E-state index in [9.17, 15) is 4.79 Å². The van der Waals surface area contributed by atoms with Gasteiger partial charge in [0.15, 0.2) is 5.82 Å². The van der Waals surface area contributed by atoms with Crippen LogP contribution in [0.15, 0.2) is 48.5 Å². The lowest BCUT2D eigenvalue weighted by molar-refractivity contribution is 0.0928. The maximum absolute atomic E-state index is 12.7. The van der Waals surface area contributed by atoms with Crippen LogP contribution in [0.2, 0.25) is 0 Å². The summed E-state index contributed by atoms with van der Waals surface area (Å²) in [5.74, 6) is 0.500. The molecule has 1 saturated carbocycles. The molecule has 0 radical (unpaired) electrons. The largest absolute Gasteiger partial charge is 0.349 e. The minimum Gasteiger partial charge on any atom is -0.349 e. The summed E-state index contributed by atoms with van der Waals surface area (Å²) in [6, 6.07) is 15.4. The van der Waals surface area contributed by atoms with Crippen molar-refractivity contribution in [3.8, 4) is 0 Å². The standard InChI is InChI=1S/C21H21N7O/c29-21(23-15-8-2-1-3-9-15)14-7-6-10-16(13-14)22-19-20-25-26-27-28(20)18-12-5-4-11-17(18)24-19/h4-7,10-13,15H,1-3,8-9H2,(H,22,24)(H,23,29). The van der Waals surface area contributed by atoms with Gasteiger partial charge in [0, 0.05) is 17.3 Å². The van der Waals surface area contributed by atoms with Crippen molar-refractivity contribution in [2.45, 2.75) is 38.1 Å². The van der Waals surface area contributed by atoms with Gasteiger partial charge >= 0.3 is 0 Å². The smallest absolute Gasteiger partial charge is 0.251 e. The molecule has 2 heterocycles. The lowest BCUT2D eigenvalue weighted by Crippen LogP contribution is -2.36. The van der Waals surface area contributed by atoms with Gasteiger partial charge in [0.05, 0.1) is 11.0 Å². The number of carbonyl (C=O) groups excluding carboxylic acids is 1. The van der Waals surface area contributed by atoms with E-state index in [-0.39, 0.29) is 11.9 Å². The van der Waals surface area contributed by atoms with Crippen molar-refractivity contribution in [3.05, 3.63) is 54.1 Å². The van der Waals surface area contributed by atoms with E-state index in [1.54, 1.807) is 4.52 Å². The number of carbonyl (C=O) groups is 1. The number of aromatic nitrogens is 5. The first-order valence-corrected chi connectivity index (χ1v) is 9.93. The molecule has 1 aliphatic rings. The van der Waals surface area contributed by atoms with Crippen LogP contribution in [0.5, 0.6) is 0 Å². The number of tetrazole rings is 1. The molecule has 0 atom stereocenters. The van der Waals surface area contributed by atoms with Gasteiger partial charge in [-0.25, -0.2) is 4.98 Å². The van der Waals surface area contributed by atoms with E-state index in [0.717, 1.165) is 29.6 Å². The number of amides is 1. The van der Waals surface area contributed by atoms with Crippen LogP contribution in [-0.2, 0) is 0 Å². The van der Waals surface area contributed by atoms with E-state index >= 15 is 0 Å². The summed E-state index contributed by atoms with van der Waals surface area (Å²) in [5, 5.41) is 18.4. The maximum Gasteiger partial charge on any atom is 0.251 e. The molecule has 2 N–H and O–H groups in total. The molecule has 8 nitrogen and oxygen atoms in total. The Morgan fingerprint density at radius 2 is 1.90 bits per heavy atom. The summed E-state index contributed by atoms with van der Waals surface area (Å²) in [6.45, 7) is 0. The predicted octanol–water partition coefficient (Wildman–Crippen LogP) is 3.48. The van der Waals surface area contributed by atoms with Crippen LogP contribution in [0.1, 0.15) is 42.5 Å². The molecular weight excluding hydrogens is 366 g/mol. The molecule has 1 aliphatic carbocycles. The first kappa shape index (κ1) is 17.5. The number of anilines is 2. The Balaban J connectivity index is 1.42. The molecule has 1 amide bonds. The highest BCUT2D eigenvalue weighted by Gasteiger charge is 2.17. The summed E-state index contributed by atoms with van der Waals surface area (Å²) in [5.41, 5.74) is 3.52. The van der Waals surface area contributed by atoms with Gasteiger partial charge in [0.2, 0.25) is 5.65 Å². The quantitative estimate of drug-likeness (QED) is 0.556. The van der Waals surface area contributed by atoms with Crippen LogP contribution in [-0.4, -0.2) is 37.0 Å². The van der Waals surface area contributed by atoms with E-state index in [0.29, 0.717) is 17.0 Å². The molecule has 0 spiro atoms. The fourth-order valence-corrected chi connectivity index (χ4v) is 3.88. The molecule has 5 rings (SSSR count). The third-order valence-corrected chi connectivity index (χ3v) is 5.35. The number of nitrogens with one attached hydrogen (secondary N) is 2. The minimum atomic E-state index is -0.0405. The summed E-state index contributed by atoms with van der Waals surface area (Å²) in [7, 11) is 0. The van der Waals surface area contributed by atoms with Crippen molar-refractivity contribution in [2.75, 3.05) is 5.32 Å². The van der Waals surface area contributed by atoms with Crippen molar-refractivity contribution < 1.29 is 4.79 Å². The molecule has 29 heavy (non-hydrogen) atoms. The Bertz CT molecular complexity index is 1180. The minimum absolute atomic E-state index is 0.0405. The molecular formula is C21H21N7O. The van der Waals surface area contributed by atoms with Gasteiger partial charge < -0.3 is 10.6 Å². The lowest BCUT2D eigenvalue weighted by Gasteiger charge is -2.22. The first-order valence-electron chi connectivity index (χ1n) is 9.93. The summed E-state index contributed by atoms with van der Waals surface area (Å²) >= 11 is 0. The fourth-order valence-electron chi connectivity index (χ4n) is 3.88. The Morgan fingerprint density at radius 3 is 2.79 bits per heavy atom. The van der Waals surface area contributed by atoms with Crippen LogP contribution in [0.25, 0.3) is 16.7 Å². The number of nitrogens with zero attached hydrogens (tertiary/aromatic N) is 5. The molecule has 0 unspecified atom stereocenters. The van der Waals surface area contributed by atoms with Crippen LogP contribution >= 0.6 is 0 Å². The first-order chi connectivity index (χ1) is 14.3. The maximum atomic E-state index is 12.7. The van der Waals surface area contributed by atoms with E-state index in [2.05, 4.69) is 31.1 Å². The SMILES string of the molecule is O=C(NC1CCCCC1)c1cccc(Nc2nc3ccccc3n3nnnc23)c1. The van der Waals surface area contributed by atoms with Crippen molar-refractivity contribution in [1.82, 2.24) is 30.3 Å². The molecule has 8 heteroatoms. The normalized spacial score (nSPS) is 14.9. The zero-order valence-electron chi connectivity index (χ0n) is 15.9. The highest BCUT2D eigenvalue weighted by molar-refractivity contribution is 5.95. The average molecular weight is 387 g/mol. The lowest BCUT2D eigenvalue weighted by atomic mass is 9.95. The number of para-hydroxylation sites is 2. The second-order valence-electron chi connectivity index (χ2n) is 7.38. The van der Waals surface area contributed by atoms with Crippen LogP contribution in [0.3, 0.4) is 0 Å². The van der Waals surface area contributed by atoms with Gasteiger partial charge in [-0.05, 0) is 53.6 Å². The zero-order chi connectivity index (χ0) is 19.6. The number of hydrogen-bond acceptors (Lipinski definition) is 6. The van der Waals surface area contributed by atoms with Crippen molar-refractivity contribution in [1.29, 1.82) is 0 Å². The second-order valence-corrected chi connectivity index (χ2v) is 7.38. The Morgan fingerprint density at radius 1 is 1.03 bits per heavy atom. The Labute approximate surface area is 167 Å². The van der Waals surface area contributed by atoms with E-state index < -0.39 is 0 Å². The molecule has 146 valence electrons. The second kappa shape index (κ2) is 7.46. The van der Waals surface area contributed by atoms with Crippen molar-refractivity contribution in [3.63, 3.8) is 0 Å². The van der Waals surface area contributed by atoms with Gasteiger partial charge in [-0.1, -0.05) is 37.5 Å². The molecule has 0 aliphatic heterocycles. The van der Waals surface area contributed by atoms with Crippen LogP contribution in [0, 0.1) is 0 Å². The van der Waals surface area contributed by atoms with Gasteiger partial charge in [-0.2, -0.15) is 4.52 Å². The summed E-state index contributed by atoms with van der Waals surface area (Å²) in [6.07, 6.45) is 5.74. The number of fused-ring (bicyclic) bond motifs is 3. The Hall–Kier alpha value is -3.55. The topological polar surface area (TPSA) is 97.1 Å². The van der Waals surface area contributed by atoms with Gasteiger partial charge in [0.25, 0.3) is 5.91 Å². The third kappa shape index (κ3) is 3.49. The average Bonchev–Trinajstić information content (AvgIpc) is 3.25. The van der Waals surface area contributed by atoms with Crippen molar-refractivity contribution >= 4 is 34.1 Å². The van der Waals surface area contributed by atoms with E-state index in [1.807, 2.05) is 48.5 Å². The Kier molecular flexibility index (Phi) is 4.51. The molecule has 1 fully saturated rings. The molecule has 2 aromatic heterocycles. The highest BCUT2D eigenvalue weighted by atomic mass is 16.1. The van der Waals surface area contributed by atoms with Crippen LogP contribution in [0.4, 0.5) is 11.5 Å².